The quantitative estimate of drug-likeness (QED) is 0.789. The number of aryl methyl sites for hydroxylation is 2. The molecule has 0 aromatic carbocycles. The Morgan fingerprint density at radius 3 is 3.16 bits per heavy atom. The van der Waals surface area contributed by atoms with Crippen molar-refractivity contribution in [1.29, 1.82) is 0 Å². The van der Waals surface area contributed by atoms with Crippen molar-refractivity contribution in [2.75, 3.05) is 13.1 Å². The number of aromatic amines is 1. The minimum absolute atomic E-state index is 0.0585. The number of fused-ring (bicyclic) bond motifs is 1. The van der Waals surface area contributed by atoms with E-state index in [9.17, 15) is 4.79 Å². The molecule has 1 saturated heterocycles. The molecule has 3 aromatic heterocycles. The maximum Gasteiger partial charge on any atom is 0.276 e. The van der Waals surface area contributed by atoms with E-state index in [0.717, 1.165) is 47.6 Å². The summed E-state index contributed by atoms with van der Waals surface area (Å²) >= 11 is 0. The summed E-state index contributed by atoms with van der Waals surface area (Å²) in [7, 11) is 0. The Bertz CT molecular complexity index is 913. The minimum atomic E-state index is -0.0585. The molecule has 130 valence electrons. The van der Waals surface area contributed by atoms with Crippen LogP contribution in [0.1, 0.15) is 53.3 Å². The highest BCUT2D eigenvalue weighted by molar-refractivity contribution is 5.92. The van der Waals surface area contributed by atoms with Crippen LogP contribution in [0.4, 0.5) is 0 Å². The molecule has 1 atom stereocenters. The van der Waals surface area contributed by atoms with Crippen LogP contribution >= 0.6 is 0 Å². The van der Waals surface area contributed by atoms with Crippen molar-refractivity contribution in [1.82, 2.24) is 25.0 Å². The summed E-state index contributed by atoms with van der Waals surface area (Å²) in [6.07, 6.45) is 4.45. The van der Waals surface area contributed by atoms with E-state index in [2.05, 4.69) is 27.0 Å². The lowest BCUT2D eigenvalue weighted by molar-refractivity contribution is 0.0780. The Balaban J connectivity index is 1.48. The molecule has 1 aliphatic rings. The fraction of sp³-hybridized carbons (Fsp3) is 0.444. The van der Waals surface area contributed by atoms with Gasteiger partial charge in [0, 0.05) is 43.4 Å². The molecule has 3 aromatic rings. The first kappa shape index (κ1) is 15.8. The van der Waals surface area contributed by atoms with Crippen LogP contribution in [0, 0.1) is 6.92 Å². The van der Waals surface area contributed by atoms with Crippen molar-refractivity contribution < 1.29 is 9.32 Å². The van der Waals surface area contributed by atoms with Crippen molar-refractivity contribution in [3.63, 3.8) is 0 Å². The van der Waals surface area contributed by atoms with Gasteiger partial charge >= 0.3 is 0 Å². The van der Waals surface area contributed by atoms with Crippen LogP contribution in [0.15, 0.2) is 22.9 Å². The summed E-state index contributed by atoms with van der Waals surface area (Å²) in [5.41, 5.74) is 4.05. The first-order valence-corrected chi connectivity index (χ1v) is 8.71. The van der Waals surface area contributed by atoms with Gasteiger partial charge in [-0.25, -0.2) is 4.98 Å². The number of likely N-dealkylation sites (tertiary alicyclic amines) is 1. The lowest BCUT2D eigenvalue weighted by atomic mass is 10.1. The van der Waals surface area contributed by atoms with Gasteiger partial charge in [-0.05, 0) is 25.8 Å². The van der Waals surface area contributed by atoms with Gasteiger partial charge in [-0.3, -0.25) is 9.78 Å². The maximum absolute atomic E-state index is 12.6. The number of aromatic nitrogens is 4. The molecule has 1 amide bonds. The molecule has 0 spiro atoms. The van der Waals surface area contributed by atoms with Gasteiger partial charge in [-0.2, -0.15) is 0 Å². The third-order valence-electron chi connectivity index (χ3n) is 4.67. The van der Waals surface area contributed by atoms with Gasteiger partial charge in [-0.1, -0.05) is 12.1 Å². The van der Waals surface area contributed by atoms with Crippen molar-refractivity contribution in [3.8, 4) is 0 Å². The fourth-order valence-electron chi connectivity index (χ4n) is 3.36. The number of hydrogen-bond donors (Lipinski definition) is 1. The second-order valence-corrected chi connectivity index (χ2v) is 6.64. The predicted molar refractivity (Wildman–Crippen MR) is 92.4 cm³/mol. The standard InChI is InChI=1S/C18H21N5O2/c1-3-4-13-7-16(22-25-13)18(24)23-6-5-12(10-23)14-8-15-17(21-14)20-11(2)9-19-15/h7-9,12H,3-6,10H2,1-2H3,(H,20,21). The number of nitrogens with zero attached hydrogens (tertiary/aromatic N) is 4. The zero-order valence-electron chi connectivity index (χ0n) is 14.5. The average Bonchev–Trinajstić information content (AvgIpc) is 3.33. The molecule has 1 N–H and O–H groups in total. The van der Waals surface area contributed by atoms with Crippen LogP contribution in [-0.4, -0.2) is 44.0 Å². The fourth-order valence-corrected chi connectivity index (χ4v) is 3.36. The van der Waals surface area contributed by atoms with Gasteiger partial charge in [0.05, 0.1) is 5.69 Å². The molecule has 7 nitrogen and oxygen atoms in total. The summed E-state index contributed by atoms with van der Waals surface area (Å²) in [5, 5.41) is 3.93. The Morgan fingerprint density at radius 2 is 2.32 bits per heavy atom. The lowest BCUT2D eigenvalue weighted by Crippen LogP contribution is -2.28. The largest absolute Gasteiger partial charge is 0.361 e. The normalized spacial score (nSPS) is 17.5. The molecule has 25 heavy (non-hydrogen) atoms. The first-order valence-electron chi connectivity index (χ1n) is 8.71. The monoisotopic (exact) mass is 339 g/mol. The Morgan fingerprint density at radius 1 is 1.44 bits per heavy atom. The van der Waals surface area contributed by atoms with Crippen LogP contribution in [0.2, 0.25) is 0 Å². The average molecular weight is 339 g/mol. The molecule has 0 bridgehead atoms. The van der Waals surface area contributed by atoms with Gasteiger partial charge in [-0.15, -0.1) is 0 Å². The van der Waals surface area contributed by atoms with E-state index < -0.39 is 0 Å². The molecule has 1 fully saturated rings. The van der Waals surface area contributed by atoms with E-state index in [4.69, 9.17) is 4.52 Å². The molecular formula is C18H21N5O2. The maximum atomic E-state index is 12.6. The van der Waals surface area contributed by atoms with Gasteiger partial charge in [0.15, 0.2) is 11.3 Å². The topological polar surface area (TPSA) is 87.9 Å². The van der Waals surface area contributed by atoms with Crippen molar-refractivity contribution in [3.05, 3.63) is 41.2 Å². The van der Waals surface area contributed by atoms with Crippen molar-refractivity contribution in [2.24, 2.45) is 0 Å². The molecule has 0 radical (unpaired) electrons. The highest BCUT2D eigenvalue weighted by Gasteiger charge is 2.30. The second-order valence-electron chi connectivity index (χ2n) is 6.64. The Kier molecular flexibility index (Phi) is 3.99. The molecule has 0 saturated carbocycles. The molecular weight excluding hydrogens is 318 g/mol. The highest BCUT2D eigenvalue weighted by Crippen LogP contribution is 2.29. The van der Waals surface area contributed by atoms with Crippen LogP contribution < -0.4 is 0 Å². The molecule has 4 rings (SSSR count). The number of nitrogens with one attached hydrogen (secondary N) is 1. The summed E-state index contributed by atoms with van der Waals surface area (Å²) in [6, 6.07) is 3.80. The molecule has 4 heterocycles. The van der Waals surface area contributed by atoms with E-state index in [1.807, 2.05) is 17.9 Å². The van der Waals surface area contributed by atoms with Crippen LogP contribution in [-0.2, 0) is 6.42 Å². The third kappa shape index (κ3) is 3.01. The lowest BCUT2D eigenvalue weighted by Gasteiger charge is -2.14. The van der Waals surface area contributed by atoms with E-state index in [1.165, 1.54) is 0 Å². The predicted octanol–water partition coefficient (Wildman–Crippen LogP) is 2.84. The van der Waals surface area contributed by atoms with Crippen molar-refractivity contribution >= 4 is 17.1 Å². The molecule has 7 heteroatoms. The number of rotatable bonds is 4. The van der Waals surface area contributed by atoms with Gasteiger partial charge < -0.3 is 14.4 Å². The van der Waals surface area contributed by atoms with E-state index in [1.54, 1.807) is 12.3 Å². The molecule has 1 aliphatic heterocycles. The molecule has 0 aliphatic carbocycles. The smallest absolute Gasteiger partial charge is 0.276 e. The minimum Gasteiger partial charge on any atom is -0.361 e. The van der Waals surface area contributed by atoms with E-state index >= 15 is 0 Å². The number of hydrogen-bond acceptors (Lipinski definition) is 5. The van der Waals surface area contributed by atoms with Crippen LogP contribution in [0.25, 0.3) is 11.2 Å². The number of H-pyrrole nitrogens is 1. The van der Waals surface area contributed by atoms with Gasteiger partial charge in [0.1, 0.15) is 11.3 Å². The van der Waals surface area contributed by atoms with Crippen LogP contribution in [0.5, 0.6) is 0 Å². The summed E-state index contributed by atoms with van der Waals surface area (Å²) < 4.78 is 5.23. The zero-order valence-corrected chi connectivity index (χ0v) is 14.5. The van der Waals surface area contributed by atoms with Crippen molar-refractivity contribution in [2.45, 2.75) is 39.0 Å². The summed E-state index contributed by atoms with van der Waals surface area (Å²) in [6.45, 7) is 5.38. The van der Waals surface area contributed by atoms with Gasteiger partial charge in [0.2, 0.25) is 0 Å². The molecule has 1 unspecified atom stereocenters. The Labute approximate surface area is 145 Å². The number of amides is 1. The Hall–Kier alpha value is -2.70. The highest BCUT2D eigenvalue weighted by atomic mass is 16.5. The zero-order chi connectivity index (χ0) is 17.4. The SMILES string of the molecule is CCCc1cc(C(=O)N2CCC(c3cc4ncc(C)nc4[nH]3)C2)no1. The summed E-state index contributed by atoms with van der Waals surface area (Å²) in [5.74, 6) is 0.976. The van der Waals surface area contributed by atoms with Gasteiger partial charge in [0.25, 0.3) is 5.91 Å². The van der Waals surface area contributed by atoms with Crippen LogP contribution in [0.3, 0.4) is 0 Å². The number of carbonyl (C=O) groups is 1. The number of carbonyl (C=O) groups excluding carboxylic acids is 1. The second kappa shape index (κ2) is 6.31. The first-order chi connectivity index (χ1) is 12.1. The summed E-state index contributed by atoms with van der Waals surface area (Å²) in [4.78, 5) is 26.7. The third-order valence-corrected chi connectivity index (χ3v) is 4.67. The van der Waals surface area contributed by atoms with E-state index in [-0.39, 0.29) is 11.8 Å². The van der Waals surface area contributed by atoms with E-state index in [0.29, 0.717) is 18.8 Å².